The largest absolute Gasteiger partial charge is 0.481 e. The third-order valence-electron chi connectivity index (χ3n) is 2.94. The van der Waals surface area contributed by atoms with Crippen LogP contribution in [0.2, 0.25) is 0 Å². The number of benzene rings is 2. The van der Waals surface area contributed by atoms with Crippen molar-refractivity contribution in [2.45, 2.75) is 20.0 Å². The Morgan fingerprint density at radius 3 is 2.43 bits per heavy atom. The van der Waals surface area contributed by atoms with E-state index in [0.717, 1.165) is 0 Å². The monoisotopic (exact) mass is 291 g/mol. The van der Waals surface area contributed by atoms with Crippen molar-refractivity contribution in [3.05, 3.63) is 59.7 Å². The summed E-state index contributed by atoms with van der Waals surface area (Å²) in [5.41, 5.74) is 0.862. The van der Waals surface area contributed by atoms with Crippen LogP contribution < -0.4 is 10.1 Å². The van der Waals surface area contributed by atoms with E-state index in [0.29, 0.717) is 17.0 Å². The Labute approximate surface area is 121 Å². The molecular formula is C16H15F2NO2. The van der Waals surface area contributed by atoms with Gasteiger partial charge in [-0.05, 0) is 55.8 Å². The lowest BCUT2D eigenvalue weighted by molar-refractivity contribution is -0.122. The number of carbonyl (C=O) groups excluding carboxylic acids is 1. The summed E-state index contributed by atoms with van der Waals surface area (Å²) >= 11 is 0. The van der Waals surface area contributed by atoms with Crippen LogP contribution in [0.15, 0.2) is 42.5 Å². The van der Waals surface area contributed by atoms with Crippen molar-refractivity contribution >= 4 is 11.6 Å². The summed E-state index contributed by atoms with van der Waals surface area (Å²) in [4.78, 5) is 11.9. The molecule has 0 aromatic heterocycles. The van der Waals surface area contributed by atoms with E-state index in [-0.39, 0.29) is 11.6 Å². The molecule has 0 aliphatic heterocycles. The van der Waals surface area contributed by atoms with E-state index in [1.807, 2.05) is 0 Å². The third kappa shape index (κ3) is 4.02. The molecule has 1 unspecified atom stereocenters. The summed E-state index contributed by atoms with van der Waals surface area (Å²) in [6, 6.07) is 9.80. The highest BCUT2D eigenvalue weighted by atomic mass is 19.1. The highest BCUT2D eigenvalue weighted by molar-refractivity contribution is 5.94. The van der Waals surface area contributed by atoms with Crippen molar-refractivity contribution < 1.29 is 18.3 Å². The van der Waals surface area contributed by atoms with Gasteiger partial charge in [0, 0.05) is 5.69 Å². The Hall–Kier alpha value is -2.43. The van der Waals surface area contributed by atoms with Crippen LogP contribution in [-0.4, -0.2) is 12.0 Å². The Bertz CT molecular complexity index is 641. The first kappa shape index (κ1) is 15.0. The molecule has 0 heterocycles. The molecule has 1 N–H and O–H groups in total. The average Bonchev–Trinajstić information content (AvgIpc) is 2.45. The number of anilines is 1. The number of hydrogen-bond acceptors (Lipinski definition) is 2. The van der Waals surface area contributed by atoms with E-state index in [1.165, 1.54) is 30.3 Å². The van der Waals surface area contributed by atoms with E-state index in [4.69, 9.17) is 4.74 Å². The fourth-order valence-corrected chi connectivity index (χ4v) is 1.69. The number of rotatable bonds is 4. The summed E-state index contributed by atoms with van der Waals surface area (Å²) in [6.07, 6.45) is -0.792. The predicted molar refractivity (Wildman–Crippen MR) is 76.3 cm³/mol. The molecule has 3 nitrogen and oxygen atoms in total. The molecule has 0 saturated carbocycles. The maximum atomic E-state index is 13.4. The predicted octanol–water partition coefficient (Wildman–Crippen LogP) is 3.68. The molecule has 0 fully saturated rings. The quantitative estimate of drug-likeness (QED) is 0.933. The van der Waals surface area contributed by atoms with Gasteiger partial charge in [-0.15, -0.1) is 0 Å². The first-order valence-electron chi connectivity index (χ1n) is 6.45. The third-order valence-corrected chi connectivity index (χ3v) is 2.94. The van der Waals surface area contributed by atoms with Crippen LogP contribution >= 0.6 is 0 Å². The first-order valence-corrected chi connectivity index (χ1v) is 6.45. The summed E-state index contributed by atoms with van der Waals surface area (Å²) in [6.45, 7) is 3.20. The zero-order chi connectivity index (χ0) is 15.4. The summed E-state index contributed by atoms with van der Waals surface area (Å²) in [5.74, 6) is -0.800. The standard InChI is InChI=1S/C16H15F2NO2/c1-10-3-6-13(9-15(10)18)19-16(20)11(2)21-14-7-4-12(17)5-8-14/h3-9,11H,1-2H3,(H,19,20). The van der Waals surface area contributed by atoms with Crippen molar-refractivity contribution in [2.75, 3.05) is 5.32 Å². The van der Waals surface area contributed by atoms with Gasteiger partial charge in [-0.3, -0.25) is 4.79 Å². The number of nitrogens with one attached hydrogen (secondary N) is 1. The highest BCUT2D eigenvalue weighted by Crippen LogP contribution is 2.16. The lowest BCUT2D eigenvalue weighted by Crippen LogP contribution is -2.30. The normalized spacial score (nSPS) is 11.8. The molecule has 5 heteroatoms. The Morgan fingerprint density at radius 1 is 1.14 bits per heavy atom. The SMILES string of the molecule is Cc1ccc(NC(=O)C(C)Oc2ccc(F)cc2)cc1F. The van der Waals surface area contributed by atoms with Crippen LogP contribution in [0.5, 0.6) is 5.75 Å². The van der Waals surface area contributed by atoms with Gasteiger partial charge in [-0.2, -0.15) is 0 Å². The summed E-state index contributed by atoms with van der Waals surface area (Å²) < 4.78 is 31.6. The molecule has 2 rings (SSSR count). The fourth-order valence-electron chi connectivity index (χ4n) is 1.69. The second-order valence-corrected chi connectivity index (χ2v) is 4.67. The molecule has 1 amide bonds. The number of aryl methyl sites for hydroxylation is 1. The zero-order valence-electron chi connectivity index (χ0n) is 11.7. The molecule has 110 valence electrons. The van der Waals surface area contributed by atoms with Crippen LogP contribution in [-0.2, 0) is 4.79 Å². The van der Waals surface area contributed by atoms with Crippen LogP contribution in [0.3, 0.4) is 0 Å². The maximum absolute atomic E-state index is 13.4. The lowest BCUT2D eigenvalue weighted by atomic mass is 10.2. The zero-order valence-corrected chi connectivity index (χ0v) is 11.7. The topological polar surface area (TPSA) is 38.3 Å². The molecule has 0 radical (unpaired) electrons. The van der Waals surface area contributed by atoms with Crippen molar-refractivity contribution in [1.29, 1.82) is 0 Å². The van der Waals surface area contributed by atoms with Gasteiger partial charge in [0.2, 0.25) is 0 Å². The minimum atomic E-state index is -0.792. The molecular weight excluding hydrogens is 276 g/mol. The van der Waals surface area contributed by atoms with Gasteiger partial charge in [0.25, 0.3) is 5.91 Å². The van der Waals surface area contributed by atoms with Gasteiger partial charge in [-0.25, -0.2) is 8.78 Å². The number of amides is 1. The summed E-state index contributed by atoms with van der Waals surface area (Å²) in [5, 5.41) is 2.56. The van der Waals surface area contributed by atoms with E-state index in [9.17, 15) is 13.6 Å². The number of halogens is 2. The summed E-state index contributed by atoms with van der Waals surface area (Å²) in [7, 11) is 0. The molecule has 21 heavy (non-hydrogen) atoms. The van der Waals surface area contributed by atoms with E-state index in [2.05, 4.69) is 5.32 Å². The van der Waals surface area contributed by atoms with Crippen molar-refractivity contribution in [2.24, 2.45) is 0 Å². The maximum Gasteiger partial charge on any atom is 0.265 e. The second-order valence-electron chi connectivity index (χ2n) is 4.67. The smallest absolute Gasteiger partial charge is 0.265 e. The highest BCUT2D eigenvalue weighted by Gasteiger charge is 2.15. The number of hydrogen-bond donors (Lipinski definition) is 1. The molecule has 0 aliphatic carbocycles. The van der Waals surface area contributed by atoms with Crippen molar-refractivity contribution in [3.63, 3.8) is 0 Å². The Morgan fingerprint density at radius 2 is 1.81 bits per heavy atom. The van der Waals surface area contributed by atoms with E-state index >= 15 is 0 Å². The van der Waals surface area contributed by atoms with E-state index in [1.54, 1.807) is 26.0 Å². The van der Waals surface area contributed by atoms with Crippen molar-refractivity contribution in [3.8, 4) is 5.75 Å². The lowest BCUT2D eigenvalue weighted by Gasteiger charge is -2.15. The van der Waals surface area contributed by atoms with E-state index < -0.39 is 12.0 Å². The Kier molecular flexibility index (Phi) is 4.52. The first-order chi connectivity index (χ1) is 9.95. The van der Waals surface area contributed by atoms with Gasteiger partial charge in [-0.1, -0.05) is 6.07 Å². The molecule has 2 aromatic carbocycles. The van der Waals surface area contributed by atoms with Crippen LogP contribution in [0.4, 0.5) is 14.5 Å². The van der Waals surface area contributed by atoms with Gasteiger partial charge < -0.3 is 10.1 Å². The minimum absolute atomic E-state index is 0.359. The fraction of sp³-hybridized carbons (Fsp3) is 0.188. The van der Waals surface area contributed by atoms with Gasteiger partial charge in [0.1, 0.15) is 17.4 Å². The Balaban J connectivity index is 1.98. The molecule has 2 aromatic rings. The number of carbonyl (C=O) groups is 1. The second kappa shape index (κ2) is 6.35. The molecule has 0 aliphatic rings. The van der Waals surface area contributed by atoms with Crippen LogP contribution in [0.1, 0.15) is 12.5 Å². The minimum Gasteiger partial charge on any atom is -0.481 e. The molecule has 0 bridgehead atoms. The van der Waals surface area contributed by atoms with Gasteiger partial charge in [0.15, 0.2) is 6.10 Å². The van der Waals surface area contributed by atoms with Gasteiger partial charge >= 0.3 is 0 Å². The molecule has 0 spiro atoms. The van der Waals surface area contributed by atoms with Gasteiger partial charge in [0.05, 0.1) is 0 Å². The molecule has 1 atom stereocenters. The molecule has 0 saturated heterocycles. The average molecular weight is 291 g/mol. The number of ether oxygens (including phenoxy) is 1. The van der Waals surface area contributed by atoms with Crippen LogP contribution in [0.25, 0.3) is 0 Å². The van der Waals surface area contributed by atoms with Crippen molar-refractivity contribution in [1.82, 2.24) is 0 Å². The van der Waals surface area contributed by atoms with Crippen LogP contribution in [0, 0.1) is 18.6 Å².